The zero-order valence-corrected chi connectivity index (χ0v) is 9.19. The van der Waals surface area contributed by atoms with E-state index in [0.29, 0.717) is 12.4 Å². The van der Waals surface area contributed by atoms with Crippen LogP contribution < -0.4 is 5.32 Å². The molecule has 2 rings (SSSR count). The average Bonchev–Trinajstić information content (AvgIpc) is 2.78. The molecular formula is C10H11F2N5. The second-order valence-electron chi connectivity index (χ2n) is 3.36. The molecule has 0 aliphatic carbocycles. The third kappa shape index (κ3) is 2.28. The second kappa shape index (κ2) is 4.96. The summed E-state index contributed by atoms with van der Waals surface area (Å²) in [6, 6.07) is 3.88. The lowest BCUT2D eigenvalue weighted by molar-refractivity contribution is 0.498. The molecular weight excluding hydrogens is 228 g/mol. The highest BCUT2D eigenvalue weighted by Gasteiger charge is 2.14. The number of nitrogens with zero attached hydrogens (tertiary/aromatic N) is 4. The molecule has 0 spiro atoms. The van der Waals surface area contributed by atoms with Crippen molar-refractivity contribution in [3.8, 4) is 5.69 Å². The monoisotopic (exact) mass is 239 g/mol. The molecule has 1 heterocycles. The molecule has 0 saturated heterocycles. The van der Waals surface area contributed by atoms with Gasteiger partial charge in [0.2, 0.25) is 0 Å². The van der Waals surface area contributed by atoms with Crippen LogP contribution in [0.25, 0.3) is 5.69 Å². The van der Waals surface area contributed by atoms with Crippen LogP contribution in [0.1, 0.15) is 12.7 Å². The van der Waals surface area contributed by atoms with Crippen LogP contribution in [0.3, 0.4) is 0 Å². The van der Waals surface area contributed by atoms with Gasteiger partial charge in [0.15, 0.2) is 17.5 Å². The summed E-state index contributed by atoms with van der Waals surface area (Å²) in [4.78, 5) is 0. The summed E-state index contributed by atoms with van der Waals surface area (Å²) >= 11 is 0. The van der Waals surface area contributed by atoms with Gasteiger partial charge in [-0.2, -0.15) is 4.68 Å². The number of nitrogens with one attached hydrogen (secondary N) is 1. The summed E-state index contributed by atoms with van der Waals surface area (Å²) in [5, 5.41) is 13.9. The lowest BCUT2D eigenvalue weighted by Gasteiger charge is -2.06. The normalized spacial score (nSPS) is 10.8. The van der Waals surface area contributed by atoms with Gasteiger partial charge in [0.1, 0.15) is 5.69 Å². The topological polar surface area (TPSA) is 55.6 Å². The first-order chi connectivity index (χ1) is 8.24. The number of halogens is 2. The van der Waals surface area contributed by atoms with Gasteiger partial charge in [-0.15, -0.1) is 5.10 Å². The highest BCUT2D eigenvalue weighted by atomic mass is 19.2. The number of benzene rings is 1. The molecule has 90 valence electrons. The molecule has 0 atom stereocenters. The molecule has 1 aromatic heterocycles. The van der Waals surface area contributed by atoms with Gasteiger partial charge in [0, 0.05) is 0 Å². The highest BCUT2D eigenvalue weighted by molar-refractivity contribution is 5.33. The lowest BCUT2D eigenvalue weighted by Crippen LogP contribution is -2.17. The molecule has 5 nitrogen and oxygen atoms in total. The van der Waals surface area contributed by atoms with Crippen molar-refractivity contribution in [2.24, 2.45) is 0 Å². The van der Waals surface area contributed by atoms with Crippen LogP contribution in [0.2, 0.25) is 0 Å². The number of aromatic nitrogens is 4. The first-order valence-corrected chi connectivity index (χ1v) is 5.16. The van der Waals surface area contributed by atoms with Crippen LogP contribution in [0.15, 0.2) is 18.2 Å². The Hall–Kier alpha value is -1.89. The Morgan fingerprint density at radius 1 is 1.35 bits per heavy atom. The maximum Gasteiger partial charge on any atom is 0.184 e. The predicted octanol–water partition coefficient (Wildman–Crippen LogP) is 1.05. The minimum absolute atomic E-state index is 0.00269. The smallest absolute Gasteiger partial charge is 0.184 e. The van der Waals surface area contributed by atoms with Gasteiger partial charge in [-0.3, -0.25) is 0 Å². The van der Waals surface area contributed by atoms with E-state index in [1.807, 2.05) is 6.92 Å². The zero-order chi connectivity index (χ0) is 12.3. The third-order valence-corrected chi connectivity index (χ3v) is 2.23. The quantitative estimate of drug-likeness (QED) is 0.866. The van der Waals surface area contributed by atoms with Gasteiger partial charge >= 0.3 is 0 Å². The minimum Gasteiger partial charge on any atom is -0.310 e. The van der Waals surface area contributed by atoms with Crippen LogP contribution in [-0.2, 0) is 6.54 Å². The van der Waals surface area contributed by atoms with Crippen molar-refractivity contribution in [2.75, 3.05) is 6.54 Å². The van der Waals surface area contributed by atoms with Gasteiger partial charge in [0.25, 0.3) is 0 Å². The molecule has 0 saturated carbocycles. The number of hydrogen-bond donors (Lipinski definition) is 1. The highest BCUT2D eigenvalue weighted by Crippen LogP contribution is 2.15. The van der Waals surface area contributed by atoms with Crippen molar-refractivity contribution in [2.45, 2.75) is 13.5 Å². The number of rotatable bonds is 4. The first kappa shape index (κ1) is 11.6. The molecule has 0 aliphatic rings. The van der Waals surface area contributed by atoms with Gasteiger partial charge in [0.05, 0.1) is 6.54 Å². The van der Waals surface area contributed by atoms with E-state index in [0.717, 1.165) is 12.6 Å². The molecule has 0 radical (unpaired) electrons. The maximum absolute atomic E-state index is 13.6. The van der Waals surface area contributed by atoms with E-state index in [1.165, 1.54) is 16.8 Å². The molecule has 0 aliphatic heterocycles. The van der Waals surface area contributed by atoms with E-state index >= 15 is 0 Å². The minimum atomic E-state index is -0.961. The van der Waals surface area contributed by atoms with Gasteiger partial charge < -0.3 is 5.32 Å². The number of hydrogen-bond acceptors (Lipinski definition) is 4. The van der Waals surface area contributed by atoms with E-state index in [4.69, 9.17) is 0 Å². The van der Waals surface area contributed by atoms with Gasteiger partial charge in [-0.05, 0) is 29.1 Å². The van der Waals surface area contributed by atoms with Crippen LogP contribution in [0.4, 0.5) is 8.78 Å². The molecule has 0 fully saturated rings. The van der Waals surface area contributed by atoms with Crippen LogP contribution in [0, 0.1) is 11.6 Å². The Bertz CT molecular complexity index is 511. The first-order valence-electron chi connectivity index (χ1n) is 5.16. The summed E-state index contributed by atoms with van der Waals surface area (Å²) < 4.78 is 27.8. The van der Waals surface area contributed by atoms with Crippen molar-refractivity contribution < 1.29 is 8.78 Å². The molecule has 0 amide bonds. The Morgan fingerprint density at radius 2 is 2.18 bits per heavy atom. The van der Waals surface area contributed by atoms with Crippen molar-refractivity contribution >= 4 is 0 Å². The summed E-state index contributed by atoms with van der Waals surface area (Å²) in [6.07, 6.45) is 0. The fraction of sp³-hybridized carbons (Fsp3) is 0.300. The average molecular weight is 239 g/mol. The van der Waals surface area contributed by atoms with Crippen LogP contribution in [0.5, 0.6) is 0 Å². The van der Waals surface area contributed by atoms with Gasteiger partial charge in [-0.1, -0.05) is 13.0 Å². The van der Waals surface area contributed by atoms with E-state index in [-0.39, 0.29) is 5.69 Å². The lowest BCUT2D eigenvalue weighted by atomic mass is 10.3. The molecule has 1 aromatic carbocycles. The van der Waals surface area contributed by atoms with E-state index in [9.17, 15) is 8.78 Å². The van der Waals surface area contributed by atoms with E-state index < -0.39 is 11.6 Å². The van der Waals surface area contributed by atoms with E-state index in [1.54, 1.807) is 0 Å². The van der Waals surface area contributed by atoms with Crippen molar-refractivity contribution in [3.63, 3.8) is 0 Å². The fourth-order valence-corrected chi connectivity index (χ4v) is 1.40. The van der Waals surface area contributed by atoms with Gasteiger partial charge in [-0.25, -0.2) is 8.78 Å². The summed E-state index contributed by atoms with van der Waals surface area (Å²) in [5.41, 5.74) is 0.00269. The Kier molecular flexibility index (Phi) is 3.38. The van der Waals surface area contributed by atoms with E-state index in [2.05, 4.69) is 20.8 Å². The third-order valence-electron chi connectivity index (χ3n) is 2.23. The second-order valence-corrected chi connectivity index (χ2v) is 3.36. The summed E-state index contributed by atoms with van der Waals surface area (Å²) in [6.45, 7) is 3.05. The van der Waals surface area contributed by atoms with Crippen molar-refractivity contribution in [1.29, 1.82) is 0 Å². The largest absolute Gasteiger partial charge is 0.310 e. The SMILES string of the molecule is CCNCc1nnnn1-c1cccc(F)c1F. The van der Waals surface area contributed by atoms with Crippen molar-refractivity contribution in [1.82, 2.24) is 25.5 Å². The molecule has 0 unspecified atom stereocenters. The maximum atomic E-state index is 13.6. The molecule has 2 aromatic rings. The van der Waals surface area contributed by atoms with Crippen molar-refractivity contribution in [3.05, 3.63) is 35.7 Å². The Morgan fingerprint density at radius 3 is 2.94 bits per heavy atom. The fourth-order valence-electron chi connectivity index (χ4n) is 1.40. The molecule has 0 bridgehead atoms. The Labute approximate surface area is 96.4 Å². The molecule has 17 heavy (non-hydrogen) atoms. The van der Waals surface area contributed by atoms with Crippen LogP contribution in [-0.4, -0.2) is 26.8 Å². The molecule has 7 heteroatoms. The zero-order valence-electron chi connectivity index (χ0n) is 9.19. The Balaban J connectivity index is 2.39. The standard InChI is InChI=1S/C10H11F2N5/c1-2-13-6-9-14-15-16-17(9)8-5-3-4-7(11)10(8)12/h3-5,13H,2,6H2,1H3. The summed E-state index contributed by atoms with van der Waals surface area (Å²) in [7, 11) is 0. The number of tetrazole rings is 1. The predicted molar refractivity (Wildman–Crippen MR) is 56.5 cm³/mol. The molecule has 1 N–H and O–H groups in total. The van der Waals surface area contributed by atoms with Crippen LogP contribution >= 0.6 is 0 Å². The summed E-state index contributed by atoms with van der Waals surface area (Å²) in [5.74, 6) is -1.46.